The first kappa shape index (κ1) is 27.9. The number of para-hydroxylation sites is 3. The number of hydrogen-bond acceptors (Lipinski definition) is 8. The van der Waals surface area contributed by atoms with E-state index in [1.54, 1.807) is 78.9 Å². The normalized spacial score (nSPS) is 12.4. The average molecular weight is 520 g/mol. The minimum absolute atomic E-state index is 0.00316. The van der Waals surface area contributed by atoms with Gasteiger partial charge >= 0.3 is 6.09 Å². The highest BCUT2D eigenvalue weighted by molar-refractivity contribution is 6.03. The molecule has 3 aromatic rings. The van der Waals surface area contributed by atoms with Gasteiger partial charge in [-0.15, -0.1) is 0 Å². The Hall–Kier alpha value is -4.67. The predicted molar refractivity (Wildman–Crippen MR) is 142 cm³/mol. The topological polar surface area (TPSA) is 149 Å². The number of hydrogen-bond donors (Lipinski definition) is 4. The molecule has 2 atom stereocenters. The summed E-state index contributed by atoms with van der Waals surface area (Å²) in [4.78, 5) is 37.8. The third kappa shape index (κ3) is 7.92. The second kappa shape index (κ2) is 14.2. The van der Waals surface area contributed by atoms with E-state index in [0.29, 0.717) is 22.7 Å². The van der Waals surface area contributed by atoms with Gasteiger partial charge < -0.3 is 30.4 Å². The van der Waals surface area contributed by atoms with E-state index in [9.17, 15) is 19.5 Å². The monoisotopic (exact) mass is 519 g/mol. The summed E-state index contributed by atoms with van der Waals surface area (Å²) < 4.78 is 16.8. The summed E-state index contributed by atoms with van der Waals surface area (Å²) in [5.74, 6) is -0.813. The van der Waals surface area contributed by atoms with Gasteiger partial charge in [-0.05, 0) is 36.4 Å². The predicted octanol–water partition coefficient (Wildman–Crippen LogP) is 3.46. The largest absolute Gasteiger partial charge is 0.491 e. The molecule has 0 aliphatic carbocycles. The van der Waals surface area contributed by atoms with Gasteiger partial charge in [-0.2, -0.15) is 0 Å². The molecular formula is C28H29N3O7. The second-order valence-electron chi connectivity index (χ2n) is 7.89. The van der Waals surface area contributed by atoms with Crippen LogP contribution in [-0.2, 0) is 14.3 Å². The Kier molecular flexibility index (Phi) is 10.4. The van der Waals surface area contributed by atoms with Gasteiger partial charge in [0.25, 0.3) is 5.91 Å². The number of alkyl carbamates (subject to hydrolysis) is 1. The maximum Gasteiger partial charge on any atom is 0.414 e. The number of benzene rings is 3. The lowest BCUT2D eigenvalue weighted by molar-refractivity contribution is -0.112. The van der Waals surface area contributed by atoms with Crippen molar-refractivity contribution in [3.63, 3.8) is 0 Å². The molecule has 10 heteroatoms. The zero-order chi connectivity index (χ0) is 27.3. The Morgan fingerprint density at radius 2 is 1.66 bits per heavy atom. The molecule has 3 aromatic carbocycles. The lowest BCUT2D eigenvalue weighted by Gasteiger charge is -2.26. The zero-order valence-corrected chi connectivity index (χ0v) is 20.7. The maximum absolute atomic E-state index is 12.8. The van der Waals surface area contributed by atoms with E-state index in [4.69, 9.17) is 19.9 Å². The van der Waals surface area contributed by atoms with Gasteiger partial charge in [0.1, 0.15) is 18.5 Å². The molecule has 198 valence electrons. The maximum atomic E-state index is 12.8. The van der Waals surface area contributed by atoms with Crippen molar-refractivity contribution in [1.29, 1.82) is 0 Å². The number of rotatable bonds is 11. The summed E-state index contributed by atoms with van der Waals surface area (Å²) in [6.07, 6.45) is -0.498. The van der Waals surface area contributed by atoms with Gasteiger partial charge in [-0.3, -0.25) is 14.9 Å². The van der Waals surface area contributed by atoms with Crippen molar-refractivity contribution in [3.8, 4) is 5.75 Å². The Bertz CT molecular complexity index is 1260. The molecule has 0 fully saturated rings. The number of nitrogens with two attached hydrogens (primary N) is 1. The number of carbonyl (C=O) groups excluding carboxylic acids is 3. The first-order valence-corrected chi connectivity index (χ1v) is 11.7. The SMILES string of the molecule is CO[C@H](/C=C/C(=O)Nc1ccccc1N)[C@H](OC(=O)NC(=O)c1ccccc1)c1ccccc1OCCO. The first-order chi connectivity index (χ1) is 18.4. The zero-order valence-electron chi connectivity index (χ0n) is 20.7. The smallest absolute Gasteiger partial charge is 0.414 e. The molecule has 0 spiro atoms. The number of nitrogens with one attached hydrogen (secondary N) is 2. The molecular weight excluding hydrogens is 490 g/mol. The molecule has 0 aliphatic rings. The van der Waals surface area contributed by atoms with Crippen LogP contribution in [0.2, 0.25) is 0 Å². The number of aliphatic hydroxyl groups is 1. The molecule has 0 aliphatic heterocycles. The standard InChI is InChI=1S/C28H29N3O7/c1-36-24(15-16-25(33)30-22-13-7-6-12-21(22)29)26(20-11-5-8-14-23(20)37-18-17-32)38-28(35)31-27(34)19-9-3-2-4-10-19/h2-16,24,26,32H,17-18,29H2,1H3,(H,30,33)(H,31,34,35)/b16-15+/t24-,26-/m1/s1. The van der Waals surface area contributed by atoms with Crippen LogP contribution in [0.25, 0.3) is 0 Å². The van der Waals surface area contributed by atoms with Gasteiger partial charge in [-0.25, -0.2) is 4.79 Å². The van der Waals surface area contributed by atoms with Gasteiger partial charge in [0, 0.05) is 24.3 Å². The van der Waals surface area contributed by atoms with Crippen LogP contribution in [0.1, 0.15) is 22.0 Å². The van der Waals surface area contributed by atoms with Crippen LogP contribution in [0.15, 0.2) is 91.0 Å². The quantitative estimate of drug-likeness (QED) is 0.222. The van der Waals surface area contributed by atoms with E-state index < -0.39 is 30.1 Å². The van der Waals surface area contributed by atoms with Gasteiger partial charge in [0.15, 0.2) is 6.10 Å². The van der Waals surface area contributed by atoms with Gasteiger partial charge in [0.05, 0.1) is 18.0 Å². The Morgan fingerprint density at radius 3 is 2.37 bits per heavy atom. The number of anilines is 2. The molecule has 10 nitrogen and oxygen atoms in total. The van der Waals surface area contributed by atoms with Crippen LogP contribution in [0.5, 0.6) is 5.75 Å². The van der Waals surface area contributed by atoms with Gasteiger partial charge in [-0.1, -0.05) is 48.5 Å². The molecule has 3 rings (SSSR count). The Balaban J connectivity index is 1.84. The number of imide groups is 1. The molecule has 0 radical (unpaired) electrons. The van der Waals surface area contributed by atoms with E-state index in [-0.39, 0.29) is 18.8 Å². The van der Waals surface area contributed by atoms with Crippen LogP contribution in [0, 0.1) is 0 Å². The highest BCUT2D eigenvalue weighted by Crippen LogP contribution is 2.32. The summed E-state index contributed by atoms with van der Waals surface area (Å²) in [5.41, 5.74) is 7.38. The summed E-state index contributed by atoms with van der Waals surface area (Å²) >= 11 is 0. The van der Waals surface area contributed by atoms with Crippen LogP contribution < -0.4 is 21.1 Å². The number of amides is 3. The van der Waals surface area contributed by atoms with Crippen molar-refractivity contribution in [3.05, 3.63) is 102 Å². The first-order valence-electron chi connectivity index (χ1n) is 11.7. The number of aliphatic hydroxyl groups excluding tert-OH is 1. The fourth-order valence-corrected chi connectivity index (χ4v) is 3.48. The third-order valence-electron chi connectivity index (χ3n) is 5.29. The second-order valence-corrected chi connectivity index (χ2v) is 7.89. The fraction of sp³-hybridized carbons (Fsp3) is 0.179. The van der Waals surface area contributed by atoms with E-state index in [2.05, 4.69) is 10.6 Å². The van der Waals surface area contributed by atoms with E-state index in [1.165, 1.54) is 19.3 Å². The summed E-state index contributed by atoms with van der Waals surface area (Å²) in [6, 6.07) is 21.7. The fourth-order valence-electron chi connectivity index (χ4n) is 3.48. The van der Waals surface area contributed by atoms with E-state index >= 15 is 0 Å². The van der Waals surface area contributed by atoms with Crippen molar-refractivity contribution < 1.29 is 33.7 Å². The molecule has 5 N–H and O–H groups in total. The minimum atomic E-state index is -1.13. The number of carbonyl (C=O) groups is 3. The summed E-state index contributed by atoms with van der Waals surface area (Å²) in [7, 11) is 1.38. The number of ether oxygens (including phenoxy) is 3. The Labute approximate surface area is 220 Å². The Morgan fingerprint density at radius 1 is 0.974 bits per heavy atom. The molecule has 0 aromatic heterocycles. The van der Waals surface area contributed by atoms with E-state index in [0.717, 1.165) is 0 Å². The minimum Gasteiger partial charge on any atom is -0.491 e. The molecule has 0 bridgehead atoms. The molecule has 0 saturated carbocycles. The lowest BCUT2D eigenvalue weighted by atomic mass is 10.0. The summed E-state index contributed by atoms with van der Waals surface area (Å²) in [6.45, 7) is -0.237. The van der Waals surface area contributed by atoms with E-state index in [1.807, 2.05) is 0 Å². The number of nitrogen functional groups attached to an aromatic ring is 1. The molecule has 0 saturated heterocycles. The lowest BCUT2D eigenvalue weighted by Crippen LogP contribution is -2.35. The number of methoxy groups -OCH3 is 1. The van der Waals surface area contributed by atoms with Crippen LogP contribution in [0.4, 0.5) is 16.2 Å². The highest BCUT2D eigenvalue weighted by Gasteiger charge is 2.29. The van der Waals surface area contributed by atoms with Crippen molar-refractivity contribution in [2.45, 2.75) is 12.2 Å². The van der Waals surface area contributed by atoms with Crippen LogP contribution in [-0.4, -0.2) is 49.4 Å². The molecule has 3 amide bonds. The highest BCUT2D eigenvalue weighted by atomic mass is 16.6. The van der Waals surface area contributed by atoms with Crippen molar-refractivity contribution in [2.24, 2.45) is 0 Å². The average Bonchev–Trinajstić information content (AvgIpc) is 2.93. The van der Waals surface area contributed by atoms with Crippen LogP contribution >= 0.6 is 0 Å². The molecule has 0 heterocycles. The summed E-state index contributed by atoms with van der Waals surface area (Å²) in [5, 5.41) is 14.1. The van der Waals surface area contributed by atoms with Crippen molar-refractivity contribution in [2.75, 3.05) is 31.4 Å². The third-order valence-corrected chi connectivity index (χ3v) is 5.29. The van der Waals surface area contributed by atoms with Gasteiger partial charge in [0.2, 0.25) is 5.91 Å². The molecule has 0 unspecified atom stereocenters. The van der Waals surface area contributed by atoms with Crippen LogP contribution in [0.3, 0.4) is 0 Å². The van der Waals surface area contributed by atoms with Crippen molar-refractivity contribution in [1.82, 2.24) is 5.32 Å². The molecule has 38 heavy (non-hydrogen) atoms. The van der Waals surface area contributed by atoms with Crippen molar-refractivity contribution >= 4 is 29.3 Å².